The molecule has 1 aliphatic heterocycles. The van der Waals surface area contributed by atoms with Crippen LogP contribution >= 0.6 is 0 Å². The van der Waals surface area contributed by atoms with E-state index >= 15 is 0 Å². The summed E-state index contributed by atoms with van der Waals surface area (Å²) in [7, 11) is 0. The molecule has 3 rings (SSSR count). The van der Waals surface area contributed by atoms with Gasteiger partial charge in [0.05, 0.1) is 5.71 Å². The number of hydrogen-bond donors (Lipinski definition) is 1. The zero-order valence-corrected chi connectivity index (χ0v) is 11.6. The maximum absolute atomic E-state index is 9.81. The fourth-order valence-corrected chi connectivity index (χ4v) is 2.26. The Morgan fingerprint density at radius 3 is 2.05 bits per heavy atom. The highest BCUT2D eigenvalue weighted by molar-refractivity contribution is 6.12. The van der Waals surface area contributed by atoms with E-state index in [4.69, 9.17) is 4.99 Å². The molecule has 0 bridgehead atoms. The molecule has 0 spiro atoms. The lowest BCUT2D eigenvalue weighted by molar-refractivity contribution is 0.404. The molecule has 0 aliphatic carbocycles. The molecule has 1 N–H and O–H groups in total. The van der Waals surface area contributed by atoms with Gasteiger partial charge < -0.3 is 5.11 Å². The smallest absolute Gasteiger partial charge is 0.208 e. The van der Waals surface area contributed by atoms with Crippen LogP contribution in [0.4, 0.5) is 0 Å². The number of aliphatic hydroxyl groups excluding tert-OH is 1. The average molecular weight is 276 g/mol. The second-order valence-corrected chi connectivity index (χ2v) is 4.83. The molecular weight excluding hydrogens is 260 g/mol. The van der Waals surface area contributed by atoms with Crippen molar-refractivity contribution in [1.82, 2.24) is 0 Å². The Morgan fingerprint density at radius 1 is 0.762 bits per heavy atom. The van der Waals surface area contributed by atoms with Crippen LogP contribution in [0.15, 0.2) is 82.6 Å². The van der Waals surface area contributed by atoms with Gasteiger partial charge in [0.15, 0.2) is 5.84 Å². The van der Waals surface area contributed by atoms with Crippen LogP contribution in [0, 0.1) is 0 Å². The number of allylic oxidation sites excluding steroid dienone is 1. The van der Waals surface area contributed by atoms with Gasteiger partial charge in [-0.1, -0.05) is 60.7 Å². The van der Waals surface area contributed by atoms with E-state index in [1.807, 2.05) is 60.7 Å². The second-order valence-electron chi connectivity index (χ2n) is 4.83. The SMILES string of the molecule is OC1=C/CCC(c2ccccc2)=N/C(c2ccccc2)=N\1. The third-order valence-corrected chi connectivity index (χ3v) is 3.31. The molecule has 0 aromatic heterocycles. The fraction of sp³-hybridized carbons (Fsp3) is 0.111. The van der Waals surface area contributed by atoms with Crippen LogP contribution in [-0.4, -0.2) is 16.7 Å². The fourth-order valence-electron chi connectivity index (χ4n) is 2.26. The number of amidine groups is 1. The maximum atomic E-state index is 9.81. The third kappa shape index (κ3) is 3.26. The molecule has 1 aliphatic rings. The molecule has 0 unspecified atom stereocenters. The molecule has 0 atom stereocenters. The lowest BCUT2D eigenvalue weighted by atomic mass is 10.0. The molecule has 2 aromatic carbocycles. The third-order valence-electron chi connectivity index (χ3n) is 3.31. The van der Waals surface area contributed by atoms with Crippen LogP contribution in [-0.2, 0) is 0 Å². The van der Waals surface area contributed by atoms with Crippen LogP contribution in [0.3, 0.4) is 0 Å². The van der Waals surface area contributed by atoms with E-state index in [1.165, 1.54) is 0 Å². The Balaban J connectivity index is 2.07. The minimum Gasteiger partial charge on any atom is -0.493 e. The van der Waals surface area contributed by atoms with Gasteiger partial charge in [0.2, 0.25) is 5.88 Å². The van der Waals surface area contributed by atoms with Gasteiger partial charge >= 0.3 is 0 Å². The number of hydrogen-bond acceptors (Lipinski definition) is 3. The maximum Gasteiger partial charge on any atom is 0.208 e. The Hall–Kier alpha value is -2.68. The Labute approximate surface area is 124 Å². The Kier molecular flexibility index (Phi) is 3.92. The molecular formula is C18H16N2O. The van der Waals surface area contributed by atoms with Crippen molar-refractivity contribution in [3.63, 3.8) is 0 Å². The number of nitrogens with zero attached hydrogens (tertiary/aromatic N) is 2. The van der Waals surface area contributed by atoms with Crippen molar-refractivity contribution in [3.05, 3.63) is 83.7 Å². The highest BCUT2D eigenvalue weighted by Gasteiger charge is 2.10. The quantitative estimate of drug-likeness (QED) is 0.881. The molecule has 104 valence electrons. The van der Waals surface area contributed by atoms with E-state index in [-0.39, 0.29) is 5.88 Å². The molecule has 0 fully saturated rings. The summed E-state index contributed by atoms with van der Waals surface area (Å²) in [6.45, 7) is 0. The summed E-state index contributed by atoms with van der Waals surface area (Å²) in [4.78, 5) is 8.92. The van der Waals surface area contributed by atoms with E-state index in [2.05, 4.69) is 4.99 Å². The van der Waals surface area contributed by atoms with Gasteiger partial charge in [-0.05, 0) is 24.5 Å². The van der Waals surface area contributed by atoms with Gasteiger partial charge in [0, 0.05) is 5.56 Å². The van der Waals surface area contributed by atoms with Gasteiger partial charge in [-0.2, -0.15) is 4.99 Å². The van der Waals surface area contributed by atoms with Gasteiger partial charge in [0.1, 0.15) is 0 Å². The van der Waals surface area contributed by atoms with Gasteiger partial charge in [-0.25, -0.2) is 4.99 Å². The number of rotatable bonds is 2. The average Bonchev–Trinajstić information content (AvgIpc) is 2.52. The van der Waals surface area contributed by atoms with Crippen LogP contribution in [0.25, 0.3) is 0 Å². The first-order valence-corrected chi connectivity index (χ1v) is 6.99. The van der Waals surface area contributed by atoms with Crippen LogP contribution < -0.4 is 0 Å². The molecule has 3 nitrogen and oxygen atoms in total. The topological polar surface area (TPSA) is 45.0 Å². The molecule has 0 radical (unpaired) electrons. The lowest BCUT2D eigenvalue weighted by Crippen LogP contribution is -2.09. The van der Waals surface area contributed by atoms with Gasteiger partial charge in [-0.15, -0.1) is 0 Å². The van der Waals surface area contributed by atoms with E-state index in [9.17, 15) is 5.11 Å². The summed E-state index contributed by atoms with van der Waals surface area (Å²) in [5.41, 5.74) is 2.98. The highest BCUT2D eigenvalue weighted by atomic mass is 16.3. The molecule has 0 saturated carbocycles. The summed E-state index contributed by atoms with van der Waals surface area (Å²) in [6.07, 6.45) is 3.24. The van der Waals surface area contributed by atoms with E-state index in [0.717, 1.165) is 29.7 Å². The summed E-state index contributed by atoms with van der Waals surface area (Å²) in [5, 5.41) is 9.81. The van der Waals surface area contributed by atoms with E-state index in [1.54, 1.807) is 6.08 Å². The van der Waals surface area contributed by atoms with Crippen molar-refractivity contribution >= 4 is 11.5 Å². The number of benzene rings is 2. The van der Waals surface area contributed by atoms with Crippen molar-refractivity contribution in [2.24, 2.45) is 9.98 Å². The first-order chi connectivity index (χ1) is 10.3. The summed E-state index contributed by atoms with van der Waals surface area (Å²) in [6, 6.07) is 19.8. The van der Waals surface area contributed by atoms with Crippen LogP contribution in [0.5, 0.6) is 0 Å². The molecule has 2 aromatic rings. The normalized spacial score (nSPS) is 20.3. The van der Waals surface area contributed by atoms with Crippen molar-refractivity contribution in [2.45, 2.75) is 12.8 Å². The van der Waals surface area contributed by atoms with Crippen LogP contribution in [0.1, 0.15) is 24.0 Å². The zero-order chi connectivity index (χ0) is 14.5. The molecule has 3 heteroatoms. The number of aliphatic imine (C=N–C) groups is 2. The van der Waals surface area contributed by atoms with E-state index in [0.29, 0.717) is 5.84 Å². The van der Waals surface area contributed by atoms with E-state index < -0.39 is 0 Å². The minimum atomic E-state index is 0.0321. The van der Waals surface area contributed by atoms with Crippen LogP contribution in [0.2, 0.25) is 0 Å². The highest BCUT2D eigenvalue weighted by Crippen LogP contribution is 2.15. The summed E-state index contributed by atoms with van der Waals surface area (Å²) in [5.74, 6) is 0.576. The Morgan fingerprint density at radius 2 is 1.38 bits per heavy atom. The Bertz CT molecular complexity index is 701. The lowest BCUT2D eigenvalue weighted by Gasteiger charge is -2.10. The van der Waals surface area contributed by atoms with Crippen molar-refractivity contribution in [2.75, 3.05) is 0 Å². The summed E-state index contributed by atoms with van der Waals surface area (Å²) < 4.78 is 0. The zero-order valence-electron chi connectivity index (χ0n) is 11.6. The first-order valence-electron chi connectivity index (χ1n) is 6.99. The second kappa shape index (κ2) is 6.18. The summed E-state index contributed by atoms with van der Waals surface area (Å²) >= 11 is 0. The predicted octanol–water partition coefficient (Wildman–Crippen LogP) is 4.12. The van der Waals surface area contributed by atoms with Gasteiger partial charge in [-0.3, -0.25) is 0 Å². The number of aliphatic hydroxyl groups is 1. The van der Waals surface area contributed by atoms with Crippen molar-refractivity contribution in [3.8, 4) is 0 Å². The van der Waals surface area contributed by atoms with Crippen molar-refractivity contribution in [1.29, 1.82) is 0 Å². The predicted molar refractivity (Wildman–Crippen MR) is 85.9 cm³/mol. The first kappa shape index (κ1) is 13.3. The van der Waals surface area contributed by atoms with Gasteiger partial charge in [0.25, 0.3) is 0 Å². The standard InChI is InChI=1S/C18H16N2O/c21-17-13-7-12-16(14-8-3-1-4-9-14)19-18(20-17)15-10-5-2-6-11-15/h1-6,8-11,13,21H,7,12H2/b17-13+,19-16?,20-18-. The molecule has 21 heavy (non-hydrogen) atoms. The largest absolute Gasteiger partial charge is 0.493 e. The molecule has 0 amide bonds. The monoisotopic (exact) mass is 276 g/mol. The van der Waals surface area contributed by atoms with Crippen molar-refractivity contribution < 1.29 is 5.11 Å². The minimum absolute atomic E-state index is 0.0321. The molecule has 0 saturated heterocycles. The molecule has 1 heterocycles.